The molecule has 4 aliphatic rings. The number of fused-ring (bicyclic) bond motifs is 4. The molecule has 0 amide bonds. The minimum Gasteiger partial charge on any atom is -0.461 e. The second kappa shape index (κ2) is 9.72. The van der Waals surface area contributed by atoms with E-state index in [1.54, 1.807) is 6.20 Å². The predicted octanol–water partition coefficient (Wildman–Crippen LogP) is 4.61. The van der Waals surface area contributed by atoms with Crippen LogP contribution < -0.4 is 9.64 Å². The van der Waals surface area contributed by atoms with Gasteiger partial charge in [0.2, 0.25) is 0 Å². The average molecular weight is 518 g/mol. The van der Waals surface area contributed by atoms with Crippen molar-refractivity contribution in [1.29, 1.82) is 0 Å². The molecule has 7 rings (SSSR count). The highest BCUT2D eigenvalue weighted by Gasteiger charge is 2.45. The van der Waals surface area contributed by atoms with Crippen LogP contribution in [0.15, 0.2) is 30.5 Å². The van der Waals surface area contributed by atoms with Crippen LogP contribution in [0.25, 0.3) is 22.2 Å². The van der Waals surface area contributed by atoms with Crippen molar-refractivity contribution in [1.82, 2.24) is 19.9 Å². The summed E-state index contributed by atoms with van der Waals surface area (Å²) in [6, 6.07) is 7.81. The second-order valence-electron chi connectivity index (χ2n) is 11.8. The number of piperidine rings is 1. The molecule has 1 aromatic carbocycles. The molecule has 0 radical (unpaired) electrons. The third-order valence-electron chi connectivity index (χ3n) is 9.48. The molecule has 3 aromatic rings. The number of anilines is 1. The minimum atomic E-state index is -0.456. The fourth-order valence-electron chi connectivity index (χ4n) is 7.65. The maximum Gasteiger partial charge on any atom is 0.319 e. The van der Waals surface area contributed by atoms with E-state index in [0.29, 0.717) is 35.8 Å². The molecule has 8 heteroatoms. The van der Waals surface area contributed by atoms with Crippen LogP contribution in [0.1, 0.15) is 50.5 Å². The third kappa shape index (κ3) is 4.13. The van der Waals surface area contributed by atoms with E-state index in [1.807, 2.05) is 24.3 Å². The van der Waals surface area contributed by atoms with E-state index in [4.69, 9.17) is 9.72 Å². The van der Waals surface area contributed by atoms with Crippen molar-refractivity contribution in [2.45, 2.75) is 56.9 Å². The highest BCUT2D eigenvalue weighted by molar-refractivity contribution is 5.92. The van der Waals surface area contributed by atoms with Gasteiger partial charge in [0, 0.05) is 31.5 Å². The molecule has 2 unspecified atom stereocenters. The van der Waals surface area contributed by atoms with E-state index < -0.39 is 5.82 Å². The van der Waals surface area contributed by atoms with Gasteiger partial charge in [-0.2, -0.15) is 9.97 Å². The van der Waals surface area contributed by atoms with Gasteiger partial charge in [-0.3, -0.25) is 9.88 Å². The van der Waals surface area contributed by atoms with Crippen molar-refractivity contribution < 1.29 is 14.2 Å². The number of benzene rings is 1. The highest BCUT2D eigenvalue weighted by Crippen LogP contribution is 2.42. The number of aromatic nitrogens is 3. The Morgan fingerprint density at radius 3 is 2.58 bits per heavy atom. The number of rotatable bonds is 7. The van der Waals surface area contributed by atoms with E-state index in [9.17, 15) is 5.11 Å². The van der Waals surface area contributed by atoms with E-state index in [0.717, 1.165) is 50.4 Å². The zero-order valence-electron chi connectivity index (χ0n) is 21.9. The summed E-state index contributed by atoms with van der Waals surface area (Å²) in [5, 5.41) is 10.2. The number of halogens is 1. The first kappa shape index (κ1) is 24.2. The van der Waals surface area contributed by atoms with E-state index in [1.165, 1.54) is 32.1 Å². The number of hydrogen-bond donors (Lipinski definition) is 1. The van der Waals surface area contributed by atoms with Crippen LogP contribution in [-0.4, -0.2) is 69.9 Å². The Morgan fingerprint density at radius 2 is 1.82 bits per heavy atom. The first-order valence-electron chi connectivity index (χ1n) is 14.3. The van der Waals surface area contributed by atoms with Crippen molar-refractivity contribution >= 4 is 16.7 Å². The van der Waals surface area contributed by atoms with Gasteiger partial charge in [-0.1, -0.05) is 24.3 Å². The Kier molecular flexibility index (Phi) is 6.20. The summed E-state index contributed by atoms with van der Waals surface area (Å²) in [5.41, 5.74) is 2.13. The van der Waals surface area contributed by atoms with Crippen LogP contribution in [-0.2, 0) is 6.42 Å². The predicted molar refractivity (Wildman–Crippen MR) is 145 cm³/mol. The summed E-state index contributed by atoms with van der Waals surface area (Å²) in [4.78, 5) is 19.1. The largest absolute Gasteiger partial charge is 0.461 e. The lowest BCUT2D eigenvalue weighted by Gasteiger charge is -2.34. The third-order valence-corrected chi connectivity index (χ3v) is 9.48. The average Bonchev–Trinajstić information content (AvgIpc) is 3.62. The van der Waals surface area contributed by atoms with Crippen LogP contribution in [0.4, 0.5) is 10.2 Å². The molecule has 3 saturated heterocycles. The van der Waals surface area contributed by atoms with Gasteiger partial charge in [0.1, 0.15) is 23.6 Å². The molecular weight excluding hydrogens is 481 g/mol. The second-order valence-corrected chi connectivity index (χ2v) is 11.8. The fourth-order valence-corrected chi connectivity index (χ4v) is 7.65. The van der Waals surface area contributed by atoms with Crippen molar-refractivity contribution in [3.63, 3.8) is 0 Å². The first-order valence-corrected chi connectivity index (χ1v) is 14.3. The highest BCUT2D eigenvalue weighted by atomic mass is 19.1. The SMILES string of the molecule is OCCc1ccccc1-c1ncc2c(N3CC4CCC(C4)C3)nc(OCC34CCCN3CCC4)nc2c1F. The molecular formula is C30H36FN5O2. The molecule has 2 atom stereocenters. The Morgan fingerprint density at radius 1 is 1.05 bits per heavy atom. The molecule has 2 bridgehead atoms. The summed E-state index contributed by atoms with van der Waals surface area (Å²) in [5.74, 6) is 1.61. The summed E-state index contributed by atoms with van der Waals surface area (Å²) >= 11 is 0. The zero-order chi connectivity index (χ0) is 25.7. The van der Waals surface area contributed by atoms with Crippen molar-refractivity contribution in [2.75, 3.05) is 44.3 Å². The topological polar surface area (TPSA) is 74.6 Å². The fraction of sp³-hybridized carbons (Fsp3) is 0.567. The quantitative estimate of drug-likeness (QED) is 0.491. The first-order chi connectivity index (χ1) is 18.6. The molecule has 7 nitrogen and oxygen atoms in total. The van der Waals surface area contributed by atoms with Gasteiger partial charge in [0.05, 0.1) is 10.9 Å². The van der Waals surface area contributed by atoms with Crippen LogP contribution in [0.5, 0.6) is 6.01 Å². The summed E-state index contributed by atoms with van der Waals surface area (Å²) < 4.78 is 22.7. The zero-order valence-corrected chi connectivity index (χ0v) is 21.9. The number of aliphatic hydroxyl groups excluding tert-OH is 1. The molecule has 2 aromatic heterocycles. The van der Waals surface area contributed by atoms with Crippen LogP contribution >= 0.6 is 0 Å². The van der Waals surface area contributed by atoms with Crippen molar-refractivity contribution in [3.8, 4) is 17.3 Å². The maximum atomic E-state index is 16.3. The molecule has 0 spiro atoms. The lowest BCUT2D eigenvalue weighted by Crippen LogP contribution is -2.43. The number of pyridine rings is 1. The van der Waals surface area contributed by atoms with E-state index in [2.05, 4.69) is 19.8 Å². The molecule has 3 aliphatic heterocycles. The number of nitrogens with zero attached hydrogens (tertiary/aromatic N) is 5. The molecule has 1 saturated carbocycles. The maximum absolute atomic E-state index is 16.3. The Labute approximate surface area is 223 Å². The summed E-state index contributed by atoms with van der Waals surface area (Å²) in [7, 11) is 0. The van der Waals surface area contributed by atoms with Crippen LogP contribution in [0.2, 0.25) is 0 Å². The number of hydrogen-bond acceptors (Lipinski definition) is 7. The number of ether oxygens (including phenoxy) is 1. The smallest absolute Gasteiger partial charge is 0.319 e. The molecule has 1 aliphatic carbocycles. The van der Waals surface area contributed by atoms with Gasteiger partial charge in [-0.15, -0.1) is 0 Å². The lowest BCUT2D eigenvalue weighted by molar-refractivity contribution is 0.108. The summed E-state index contributed by atoms with van der Waals surface area (Å²) in [6.07, 6.45) is 10.6. The molecule has 200 valence electrons. The van der Waals surface area contributed by atoms with E-state index in [-0.39, 0.29) is 29.4 Å². The van der Waals surface area contributed by atoms with Gasteiger partial charge < -0.3 is 14.7 Å². The van der Waals surface area contributed by atoms with Crippen LogP contribution in [0, 0.1) is 17.7 Å². The van der Waals surface area contributed by atoms with Gasteiger partial charge >= 0.3 is 6.01 Å². The normalized spacial score (nSPS) is 24.3. The van der Waals surface area contributed by atoms with Crippen molar-refractivity contribution in [3.05, 3.63) is 41.8 Å². The van der Waals surface area contributed by atoms with Gasteiger partial charge in [-0.05, 0) is 81.9 Å². The summed E-state index contributed by atoms with van der Waals surface area (Å²) in [6.45, 7) is 4.65. The number of aliphatic hydroxyl groups is 1. The van der Waals surface area contributed by atoms with E-state index >= 15 is 4.39 Å². The Bertz CT molecular complexity index is 1330. The van der Waals surface area contributed by atoms with Crippen molar-refractivity contribution in [2.24, 2.45) is 11.8 Å². The van der Waals surface area contributed by atoms with Crippen LogP contribution in [0.3, 0.4) is 0 Å². The van der Waals surface area contributed by atoms with Gasteiger partial charge in [-0.25, -0.2) is 4.39 Å². The molecule has 5 heterocycles. The standard InChI is InChI=1S/C30H36FN5O2/c31-25-26(23-6-2-1-5-22(23)9-14-37)32-16-24-27(25)33-29(38-19-30-10-3-12-36(30)13-4-11-30)34-28(24)35-17-20-7-8-21(15-20)18-35/h1-2,5-6,16,20-21,37H,3-4,7-15,17-19H2. The molecule has 38 heavy (non-hydrogen) atoms. The molecule has 1 N–H and O–H groups in total. The Hall–Kier alpha value is -2.84. The Balaban J connectivity index is 1.31. The van der Waals surface area contributed by atoms with Gasteiger partial charge in [0.25, 0.3) is 0 Å². The minimum absolute atomic E-state index is 0.00736. The van der Waals surface area contributed by atoms with Gasteiger partial charge in [0.15, 0.2) is 5.82 Å². The lowest BCUT2D eigenvalue weighted by atomic mass is 9.95. The monoisotopic (exact) mass is 517 g/mol. The molecule has 4 fully saturated rings.